The molecule has 1 unspecified atom stereocenters. The molecule has 1 amide bonds. The first-order valence-corrected chi connectivity index (χ1v) is 8.22. The molecular weight excluding hydrogens is 322 g/mol. The van der Waals surface area contributed by atoms with Gasteiger partial charge in [-0.25, -0.2) is 9.50 Å². The van der Waals surface area contributed by atoms with Crippen molar-refractivity contribution in [1.29, 1.82) is 0 Å². The number of rotatable bonds is 6. The highest BCUT2D eigenvalue weighted by Gasteiger charge is 2.21. The van der Waals surface area contributed by atoms with Crippen LogP contribution in [0.5, 0.6) is 0 Å². The van der Waals surface area contributed by atoms with E-state index in [1.54, 1.807) is 18.3 Å². The normalized spacial score (nSPS) is 12.6. The average Bonchev–Trinajstić information content (AvgIpc) is 3.19. The zero-order valence-corrected chi connectivity index (χ0v) is 14.4. The van der Waals surface area contributed by atoms with Crippen LogP contribution in [0.2, 0.25) is 0 Å². The molecule has 0 aliphatic rings. The maximum atomic E-state index is 12.3. The number of amides is 1. The molecule has 2 N–H and O–H groups in total. The van der Waals surface area contributed by atoms with Crippen molar-refractivity contribution >= 4 is 11.6 Å². The van der Waals surface area contributed by atoms with Gasteiger partial charge in [-0.3, -0.25) is 14.7 Å². The highest BCUT2D eigenvalue weighted by Crippen LogP contribution is 2.20. The molecule has 0 fully saturated rings. The van der Waals surface area contributed by atoms with E-state index >= 15 is 0 Å². The third-order valence-electron chi connectivity index (χ3n) is 3.99. The molecule has 3 aromatic rings. The number of H-pyrrole nitrogens is 1. The summed E-state index contributed by atoms with van der Waals surface area (Å²) in [4.78, 5) is 29.1. The van der Waals surface area contributed by atoms with Gasteiger partial charge in [0.1, 0.15) is 5.76 Å². The third kappa shape index (κ3) is 3.78. The van der Waals surface area contributed by atoms with E-state index in [1.165, 1.54) is 10.6 Å². The number of nitrogens with zero attached hydrogens (tertiary/aromatic N) is 3. The summed E-state index contributed by atoms with van der Waals surface area (Å²) in [5.41, 5.74) is 1.75. The molecular formula is C17H21N5O3. The molecule has 1 atom stereocenters. The lowest BCUT2D eigenvalue weighted by Gasteiger charge is -2.21. The van der Waals surface area contributed by atoms with Crippen molar-refractivity contribution in [2.75, 3.05) is 0 Å². The first-order valence-electron chi connectivity index (χ1n) is 8.22. The van der Waals surface area contributed by atoms with Crippen LogP contribution < -0.4 is 10.9 Å². The van der Waals surface area contributed by atoms with Gasteiger partial charge in [0, 0.05) is 36.7 Å². The van der Waals surface area contributed by atoms with Crippen LogP contribution in [0.1, 0.15) is 43.5 Å². The average molecular weight is 343 g/mol. The first kappa shape index (κ1) is 16.9. The summed E-state index contributed by atoms with van der Waals surface area (Å²) in [6, 6.07) is 4.66. The lowest BCUT2D eigenvalue weighted by atomic mass is 10.00. The molecule has 0 bridgehead atoms. The van der Waals surface area contributed by atoms with Gasteiger partial charge in [-0.2, -0.15) is 0 Å². The second kappa shape index (κ2) is 6.92. The summed E-state index contributed by atoms with van der Waals surface area (Å²) in [7, 11) is 0. The van der Waals surface area contributed by atoms with E-state index in [9.17, 15) is 9.59 Å². The number of aromatic nitrogens is 4. The Bertz CT molecular complexity index is 924. The van der Waals surface area contributed by atoms with E-state index in [2.05, 4.69) is 20.6 Å². The predicted molar refractivity (Wildman–Crippen MR) is 91.1 cm³/mol. The van der Waals surface area contributed by atoms with E-state index in [4.69, 9.17) is 4.52 Å². The maximum absolute atomic E-state index is 12.3. The second-order valence-electron chi connectivity index (χ2n) is 6.42. The number of hydrogen-bond acceptors (Lipinski definition) is 5. The number of aromatic amines is 1. The van der Waals surface area contributed by atoms with Gasteiger partial charge in [0.2, 0.25) is 5.91 Å². The van der Waals surface area contributed by atoms with Crippen LogP contribution in [0.3, 0.4) is 0 Å². The van der Waals surface area contributed by atoms with E-state index in [0.29, 0.717) is 23.5 Å². The molecule has 8 nitrogen and oxygen atoms in total. The van der Waals surface area contributed by atoms with E-state index in [0.717, 1.165) is 5.69 Å². The monoisotopic (exact) mass is 343 g/mol. The van der Waals surface area contributed by atoms with Gasteiger partial charge in [-0.15, -0.1) is 0 Å². The Morgan fingerprint density at radius 3 is 2.88 bits per heavy atom. The summed E-state index contributed by atoms with van der Waals surface area (Å²) in [6.45, 7) is 5.82. The quantitative estimate of drug-likeness (QED) is 0.709. The Morgan fingerprint density at radius 1 is 1.40 bits per heavy atom. The number of nitrogens with one attached hydrogen (secondary N) is 2. The number of carbonyl (C=O) groups excluding carboxylic acids is 1. The number of aryl methyl sites for hydroxylation is 2. The molecule has 3 aromatic heterocycles. The minimum atomic E-state index is -0.338. The molecule has 0 saturated carbocycles. The molecule has 8 heteroatoms. The van der Waals surface area contributed by atoms with Gasteiger partial charge in [0.25, 0.3) is 5.56 Å². The predicted octanol–water partition coefficient (Wildman–Crippen LogP) is 1.77. The molecule has 0 aromatic carbocycles. The maximum Gasteiger partial charge on any atom is 0.272 e. The standard InChI is InChI=1S/C17H21N5O3/c1-10(2)17(20-15(23)5-4-12-6-7-18-25-12)13-9-16(24)22-14(19-13)8-11(3)21-22/h6-10,17,21H,4-5H2,1-3H3,(H,20,23). The van der Waals surface area contributed by atoms with Crippen molar-refractivity contribution < 1.29 is 9.32 Å². The Kier molecular flexibility index (Phi) is 4.69. The highest BCUT2D eigenvalue weighted by atomic mass is 16.5. The fourth-order valence-corrected chi connectivity index (χ4v) is 2.72. The molecule has 3 heterocycles. The number of fused-ring (bicyclic) bond motifs is 1. The van der Waals surface area contributed by atoms with E-state index < -0.39 is 0 Å². The molecule has 3 rings (SSSR count). The summed E-state index contributed by atoms with van der Waals surface area (Å²) in [6.07, 6.45) is 2.31. The summed E-state index contributed by atoms with van der Waals surface area (Å²) in [5.74, 6) is 0.628. The van der Waals surface area contributed by atoms with Crippen LogP contribution in [-0.2, 0) is 11.2 Å². The highest BCUT2D eigenvalue weighted by molar-refractivity contribution is 5.76. The van der Waals surface area contributed by atoms with Crippen molar-refractivity contribution in [2.45, 2.75) is 39.7 Å². The molecule has 0 saturated heterocycles. The Hall–Kier alpha value is -2.90. The van der Waals surface area contributed by atoms with Gasteiger partial charge < -0.3 is 9.84 Å². The van der Waals surface area contributed by atoms with Crippen LogP contribution in [-0.4, -0.2) is 25.7 Å². The molecule has 0 radical (unpaired) electrons. The van der Waals surface area contributed by atoms with Gasteiger partial charge in [0.15, 0.2) is 5.65 Å². The minimum absolute atomic E-state index is 0.0867. The van der Waals surface area contributed by atoms with Gasteiger partial charge in [-0.1, -0.05) is 19.0 Å². The third-order valence-corrected chi connectivity index (χ3v) is 3.99. The number of hydrogen-bond donors (Lipinski definition) is 2. The van der Waals surface area contributed by atoms with Crippen molar-refractivity contribution in [3.63, 3.8) is 0 Å². The Morgan fingerprint density at radius 2 is 2.20 bits per heavy atom. The van der Waals surface area contributed by atoms with Gasteiger partial charge >= 0.3 is 0 Å². The lowest BCUT2D eigenvalue weighted by Crippen LogP contribution is -2.33. The molecule has 0 aliphatic carbocycles. The largest absolute Gasteiger partial charge is 0.361 e. The minimum Gasteiger partial charge on any atom is -0.361 e. The zero-order valence-electron chi connectivity index (χ0n) is 14.4. The van der Waals surface area contributed by atoms with Crippen LogP contribution in [0.25, 0.3) is 5.65 Å². The van der Waals surface area contributed by atoms with Crippen LogP contribution in [0.15, 0.2) is 33.7 Å². The molecule has 0 aliphatic heterocycles. The van der Waals surface area contributed by atoms with Crippen LogP contribution >= 0.6 is 0 Å². The smallest absolute Gasteiger partial charge is 0.272 e. The van der Waals surface area contributed by atoms with Crippen LogP contribution in [0.4, 0.5) is 0 Å². The fourth-order valence-electron chi connectivity index (χ4n) is 2.72. The summed E-state index contributed by atoms with van der Waals surface area (Å²) in [5, 5.41) is 9.53. The Labute approximate surface area is 144 Å². The molecule has 25 heavy (non-hydrogen) atoms. The topological polar surface area (TPSA) is 105 Å². The summed E-state index contributed by atoms with van der Waals surface area (Å²) < 4.78 is 6.39. The van der Waals surface area contributed by atoms with Crippen LogP contribution in [0, 0.1) is 12.8 Å². The fraction of sp³-hybridized carbons (Fsp3) is 0.412. The SMILES string of the molecule is Cc1cc2nc(C(NC(=O)CCc3ccno3)C(C)C)cc(=O)n2[nH]1. The molecule has 0 spiro atoms. The second-order valence-corrected chi connectivity index (χ2v) is 6.42. The Balaban J connectivity index is 1.78. The van der Waals surface area contributed by atoms with Gasteiger partial charge in [0.05, 0.1) is 17.9 Å². The first-order chi connectivity index (χ1) is 11.9. The van der Waals surface area contributed by atoms with Crippen molar-refractivity contribution in [2.24, 2.45) is 5.92 Å². The van der Waals surface area contributed by atoms with Gasteiger partial charge in [-0.05, 0) is 12.8 Å². The van der Waals surface area contributed by atoms with E-state index in [-0.39, 0.29) is 29.8 Å². The summed E-state index contributed by atoms with van der Waals surface area (Å²) >= 11 is 0. The van der Waals surface area contributed by atoms with E-state index in [1.807, 2.05) is 20.8 Å². The van der Waals surface area contributed by atoms with Crippen molar-refractivity contribution in [3.8, 4) is 0 Å². The van der Waals surface area contributed by atoms with Crippen molar-refractivity contribution in [3.05, 3.63) is 51.9 Å². The number of carbonyl (C=O) groups is 1. The van der Waals surface area contributed by atoms with Crippen molar-refractivity contribution in [1.82, 2.24) is 25.1 Å². The lowest BCUT2D eigenvalue weighted by molar-refractivity contribution is -0.122. The zero-order chi connectivity index (χ0) is 18.0. The molecule has 132 valence electrons.